The molecular weight excluding hydrogens is 531 g/mol. The number of nitrogens with zero attached hydrogens (tertiary/aromatic N) is 1. The molecule has 0 unspecified atom stereocenters. The molecule has 0 amide bonds. The first-order valence-corrected chi connectivity index (χ1v) is 11.6. The quantitative estimate of drug-likeness (QED) is 0.335. The summed E-state index contributed by atoms with van der Waals surface area (Å²) in [6.45, 7) is -0.827. The molecule has 0 spiro atoms. The normalized spacial score (nSPS) is 15.2. The summed E-state index contributed by atoms with van der Waals surface area (Å²) >= 11 is 6.06. The molecule has 2 heterocycles. The molecule has 1 N–H and O–H groups in total. The smallest absolute Gasteiger partial charge is 0.443 e. The van der Waals surface area contributed by atoms with Crippen molar-refractivity contribution in [3.8, 4) is 16.2 Å². The molecule has 15 heteroatoms. The van der Waals surface area contributed by atoms with E-state index in [-0.39, 0.29) is 22.1 Å². The highest BCUT2D eigenvalue weighted by Gasteiger charge is 2.37. The van der Waals surface area contributed by atoms with Crippen molar-refractivity contribution in [3.05, 3.63) is 57.2 Å². The van der Waals surface area contributed by atoms with E-state index in [1.165, 1.54) is 0 Å². The number of rotatable bonds is 1. The van der Waals surface area contributed by atoms with Crippen LogP contribution in [0, 0.1) is 11.6 Å². The Morgan fingerprint density at radius 1 is 1.18 bits per heavy atom. The number of cyclic esters (lactones) is 1. The van der Waals surface area contributed by atoms with Crippen molar-refractivity contribution in [2.24, 2.45) is 0 Å². The fraction of sp³-hybridized carbons (Fsp3) is 0.158. The van der Waals surface area contributed by atoms with E-state index < -0.39 is 77.7 Å². The number of aromatic nitrogens is 1. The summed E-state index contributed by atoms with van der Waals surface area (Å²) < 4.78 is 107. The van der Waals surface area contributed by atoms with Crippen molar-refractivity contribution >= 4 is 44.6 Å². The minimum Gasteiger partial charge on any atom is -0.494 e. The predicted molar refractivity (Wildman–Crippen MR) is 110 cm³/mol. The fourth-order valence-electron chi connectivity index (χ4n) is 3.08. The van der Waals surface area contributed by atoms with E-state index in [1.54, 1.807) is 0 Å². The monoisotopic (exact) mass is 540 g/mol. The van der Waals surface area contributed by atoms with Crippen molar-refractivity contribution in [2.75, 3.05) is 11.8 Å². The van der Waals surface area contributed by atoms with E-state index >= 15 is 0 Å². The first-order chi connectivity index (χ1) is 15.8. The van der Waals surface area contributed by atoms with Crippen LogP contribution >= 0.6 is 22.9 Å². The number of thiazole rings is 1. The number of ether oxygens (including phenoxy) is 2. The number of esters is 1. The molecule has 7 nitrogen and oxygen atoms in total. The molecule has 2 aromatic carbocycles. The lowest BCUT2D eigenvalue weighted by Crippen LogP contribution is -2.16. The molecule has 4 bridgehead atoms. The number of nitrogens with one attached hydrogen (secondary N) is 1. The predicted octanol–water partition coefficient (Wildman–Crippen LogP) is 5.24. The molecule has 0 saturated heterocycles. The van der Waals surface area contributed by atoms with Crippen LogP contribution in [0.1, 0.15) is 21.1 Å². The number of sulfonamides is 1. The minimum atomic E-state index is -4.91. The van der Waals surface area contributed by atoms with Gasteiger partial charge in [-0.3, -0.25) is 4.72 Å². The van der Waals surface area contributed by atoms with E-state index in [0.717, 1.165) is 19.2 Å². The van der Waals surface area contributed by atoms with E-state index in [0.29, 0.717) is 12.1 Å². The summed E-state index contributed by atoms with van der Waals surface area (Å²) in [5, 5.41) is -1.69. The summed E-state index contributed by atoms with van der Waals surface area (Å²) in [6, 6.07) is 2.83. The summed E-state index contributed by atoms with van der Waals surface area (Å²) in [5.41, 5.74) is -2.23. The Morgan fingerprint density at radius 2 is 1.88 bits per heavy atom. The average Bonchev–Trinajstić information content (AvgIpc) is 3.17. The number of hydrogen-bond acceptors (Lipinski definition) is 7. The van der Waals surface area contributed by atoms with Crippen LogP contribution in [0.4, 0.5) is 27.6 Å². The van der Waals surface area contributed by atoms with E-state index in [2.05, 4.69) is 4.98 Å². The Morgan fingerprint density at radius 3 is 2.53 bits per heavy atom. The summed E-state index contributed by atoms with van der Waals surface area (Å²) in [7, 11) is -3.60. The Bertz CT molecular complexity index is 1440. The molecular formula is C19H10ClF5N2O5S2. The lowest BCUT2D eigenvalue weighted by Gasteiger charge is -2.15. The zero-order chi connectivity index (χ0) is 25.0. The van der Waals surface area contributed by atoms with Gasteiger partial charge >= 0.3 is 12.1 Å². The molecule has 0 radical (unpaired) electrons. The minimum absolute atomic E-state index is 0.0209. The highest BCUT2D eigenvalue weighted by Crippen LogP contribution is 2.42. The molecule has 180 valence electrons. The van der Waals surface area contributed by atoms with Crippen molar-refractivity contribution < 1.29 is 44.6 Å². The Balaban J connectivity index is 2.01. The second-order valence-corrected chi connectivity index (χ2v) is 9.83. The van der Waals surface area contributed by atoms with Crippen molar-refractivity contribution in [1.29, 1.82) is 0 Å². The van der Waals surface area contributed by atoms with Crippen LogP contribution in [-0.2, 0) is 27.5 Å². The second kappa shape index (κ2) is 8.36. The number of benzene rings is 2. The van der Waals surface area contributed by atoms with Crippen LogP contribution in [0.5, 0.6) is 5.75 Å². The molecule has 1 aliphatic rings. The Hall–Kier alpha value is -2.97. The third-order valence-corrected chi connectivity index (χ3v) is 7.39. The van der Waals surface area contributed by atoms with Gasteiger partial charge in [0.1, 0.15) is 23.1 Å². The highest BCUT2D eigenvalue weighted by atomic mass is 35.5. The molecule has 3 aromatic rings. The second-order valence-electron chi connectivity index (χ2n) is 6.78. The van der Waals surface area contributed by atoms with Gasteiger partial charge in [0.25, 0.3) is 10.0 Å². The largest absolute Gasteiger partial charge is 0.494 e. The number of carbonyl (C=O) groups excluding carboxylic acids is 1. The van der Waals surface area contributed by atoms with Gasteiger partial charge in [-0.2, -0.15) is 13.2 Å². The van der Waals surface area contributed by atoms with Gasteiger partial charge in [-0.15, -0.1) is 11.3 Å². The molecule has 34 heavy (non-hydrogen) atoms. The van der Waals surface area contributed by atoms with Gasteiger partial charge in [-0.1, -0.05) is 11.6 Å². The number of carbonyl (C=O) groups is 1. The lowest BCUT2D eigenvalue weighted by atomic mass is 10.1. The zero-order valence-electron chi connectivity index (χ0n) is 16.6. The SMILES string of the molecule is COc1c(Cl)cc2cc1S(=O)(=O)Nc1cc(c(F)cc1F)-c1sc(C(F)(F)F)nc1COC2=O. The van der Waals surface area contributed by atoms with Crippen LogP contribution in [0.15, 0.2) is 29.2 Å². The summed E-state index contributed by atoms with van der Waals surface area (Å²) in [5.74, 6) is -4.18. The Kier molecular flexibility index (Phi) is 5.94. The maximum absolute atomic E-state index is 14.6. The van der Waals surface area contributed by atoms with Gasteiger partial charge in [0.15, 0.2) is 10.8 Å². The lowest BCUT2D eigenvalue weighted by molar-refractivity contribution is -0.137. The molecule has 0 atom stereocenters. The first-order valence-electron chi connectivity index (χ1n) is 8.95. The summed E-state index contributed by atoms with van der Waals surface area (Å²) in [6.07, 6.45) is -4.91. The zero-order valence-corrected chi connectivity index (χ0v) is 19.0. The molecule has 0 saturated carbocycles. The van der Waals surface area contributed by atoms with Gasteiger partial charge in [-0.25, -0.2) is 27.0 Å². The van der Waals surface area contributed by atoms with E-state index in [1.807, 2.05) is 4.72 Å². The van der Waals surface area contributed by atoms with Crippen LogP contribution in [0.2, 0.25) is 5.02 Å². The number of hydrogen-bond donors (Lipinski definition) is 1. The van der Waals surface area contributed by atoms with Crippen molar-refractivity contribution in [1.82, 2.24) is 4.98 Å². The molecule has 4 rings (SSSR count). The first kappa shape index (κ1) is 24.2. The third kappa shape index (κ3) is 4.28. The topological polar surface area (TPSA) is 94.6 Å². The van der Waals surface area contributed by atoms with Gasteiger partial charge in [0, 0.05) is 11.6 Å². The van der Waals surface area contributed by atoms with Crippen LogP contribution in [-0.4, -0.2) is 26.5 Å². The number of methoxy groups -OCH3 is 1. The third-order valence-electron chi connectivity index (χ3n) is 4.56. The fourth-order valence-corrected chi connectivity index (χ4v) is 5.66. The number of alkyl halides is 3. The van der Waals surface area contributed by atoms with Crippen LogP contribution < -0.4 is 9.46 Å². The Labute approximate surface area is 197 Å². The maximum Gasteiger partial charge on any atom is 0.443 e. The standard InChI is InChI=1S/C19H10ClF5N2O5S2/c1-31-15-9(20)2-7-3-14(15)34(29,30)27-12-4-8(10(21)5-11(12)22)16-13(6-32-17(7)28)26-18(33-16)19(23,24)25/h2-5,27H,6H2,1H3. The maximum atomic E-state index is 14.6. The van der Waals surface area contributed by atoms with Crippen LogP contribution in [0.3, 0.4) is 0 Å². The molecule has 0 aliphatic carbocycles. The average molecular weight is 541 g/mol. The van der Waals surface area contributed by atoms with Crippen molar-refractivity contribution in [3.63, 3.8) is 0 Å². The van der Waals surface area contributed by atoms with Crippen LogP contribution in [0.25, 0.3) is 10.4 Å². The number of anilines is 1. The highest BCUT2D eigenvalue weighted by molar-refractivity contribution is 7.92. The summed E-state index contributed by atoms with van der Waals surface area (Å²) in [4.78, 5) is 14.9. The van der Waals surface area contributed by atoms with E-state index in [4.69, 9.17) is 21.1 Å². The molecule has 1 aromatic heterocycles. The van der Waals surface area contributed by atoms with Gasteiger partial charge < -0.3 is 9.47 Å². The number of halogens is 6. The van der Waals surface area contributed by atoms with Gasteiger partial charge in [0.05, 0.1) is 34.0 Å². The number of fused-ring (bicyclic) bond motifs is 6. The van der Waals surface area contributed by atoms with Gasteiger partial charge in [-0.05, 0) is 18.2 Å². The molecule has 1 aliphatic heterocycles. The molecule has 0 fully saturated rings. The van der Waals surface area contributed by atoms with Crippen molar-refractivity contribution in [2.45, 2.75) is 17.7 Å². The van der Waals surface area contributed by atoms with E-state index in [9.17, 15) is 35.2 Å². The van der Waals surface area contributed by atoms with Gasteiger partial charge in [0.2, 0.25) is 0 Å².